The Morgan fingerprint density at radius 3 is 2.38 bits per heavy atom. The van der Waals surface area contributed by atoms with Gasteiger partial charge in [-0.25, -0.2) is 8.42 Å². The van der Waals surface area contributed by atoms with Crippen LogP contribution in [-0.4, -0.2) is 56.9 Å². The first-order valence-corrected chi connectivity index (χ1v) is 8.85. The maximum Gasteiger partial charge on any atom is 0.243 e. The maximum absolute atomic E-state index is 12.8. The first-order valence-electron chi connectivity index (χ1n) is 7.41. The summed E-state index contributed by atoms with van der Waals surface area (Å²) >= 11 is 0. The summed E-state index contributed by atoms with van der Waals surface area (Å²) in [7, 11) is -1.38. The summed E-state index contributed by atoms with van der Waals surface area (Å²) < 4.78 is 27.3. The van der Waals surface area contributed by atoms with Crippen LogP contribution in [0.5, 0.6) is 0 Å². The van der Waals surface area contributed by atoms with Gasteiger partial charge in [-0.2, -0.15) is 4.31 Å². The third-order valence-corrected chi connectivity index (χ3v) is 5.75. The Hall–Kier alpha value is -0.950. The van der Waals surface area contributed by atoms with Gasteiger partial charge < -0.3 is 10.2 Å². The molecule has 0 unspecified atom stereocenters. The second-order valence-corrected chi connectivity index (χ2v) is 7.76. The van der Waals surface area contributed by atoms with E-state index in [0.717, 1.165) is 18.7 Å². The Balaban J connectivity index is 2.23. The molecule has 118 valence electrons. The Labute approximate surface area is 128 Å². The van der Waals surface area contributed by atoms with Crippen molar-refractivity contribution in [1.29, 1.82) is 0 Å². The third-order valence-electron chi connectivity index (χ3n) is 3.75. The van der Waals surface area contributed by atoms with Gasteiger partial charge in [0, 0.05) is 38.8 Å². The van der Waals surface area contributed by atoms with Crippen LogP contribution in [0, 0.1) is 0 Å². The van der Waals surface area contributed by atoms with Gasteiger partial charge in [0.25, 0.3) is 0 Å². The van der Waals surface area contributed by atoms with Crippen molar-refractivity contribution in [3.63, 3.8) is 0 Å². The molecular formula is C15H25N3O2S. The summed E-state index contributed by atoms with van der Waals surface area (Å²) in [4.78, 5) is 2.58. The van der Waals surface area contributed by atoms with Gasteiger partial charge in [-0.05, 0) is 18.7 Å². The number of hydrogen-bond acceptors (Lipinski definition) is 4. The molecule has 0 amide bonds. The van der Waals surface area contributed by atoms with Crippen LogP contribution in [-0.2, 0) is 16.6 Å². The van der Waals surface area contributed by atoms with Crippen molar-refractivity contribution in [1.82, 2.24) is 14.5 Å². The van der Waals surface area contributed by atoms with Crippen LogP contribution in [0.15, 0.2) is 29.2 Å². The van der Waals surface area contributed by atoms with E-state index in [1.54, 1.807) is 16.4 Å². The van der Waals surface area contributed by atoms with E-state index in [0.29, 0.717) is 30.6 Å². The highest BCUT2D eigenvalue weighted by molar-refractivity contribution is 7.89. The highest BCUT2D eigenvalue weighted by Crippen LogP contribution is 2.21. The fourth-order valence-corrected chi connectivity index (χ4v) is 4.03. The van der Waals surface area contributed by atoms with Crippen molar-refractivity contribution in [3.05, 3.63) is 29.8 Å². The van der Waals surface area contributed by atoms with Crippen molar-refractivity contribution in [2.75, 3.05) is 33.2 Å². The normalized spacial score (nSPS) is 18.3. The molecule has 5 nitrogen and oxygen atoms in total. The molecule has 1 saturated heterocycles. The molecule has 21 heavy (non-hydrogen) atoms. The summed E-state index contributed by atoms with van der Waals surface area (Å²) in [6.45, 7) is 7.36. The molecule has 0 radical (unpaired) electrons. The molecule has 1 N–H and O–H groups in total. The minimum Gasteiger partial charge on any atom is -0.310 e. The van der Waals surface area contributed by atoms with E-state index >= 15 is 0 Å². The Morgan fingerprint density at radius 2 is 1.76 bits per heavy atom. The molecule has 0 bridgehead atoms. The van der Waals surface area contributed by atoms with Gasteiger partial charge in [-0.15, -0.1) is 0 Å². The summed E-state index contributed by atoms with van der Waals surface area (Å²) in [5.41, 5.74) is 0.838. The predicted molar refractivity (Wildman–Crippen MR) is 84.7 cm³/mol. The fourth-order valence-electron chi connectivity index (χ4n) is 2.38. The number of sulfonamides is 1. The summed E-state index contributed by atoms with van der Waals surface area (Å²) in [5, 5.41) is 3.29. The van der Waals surface area contributed by atoms with Gasteiger partial charge in [0.05, 0.1) is 4.90 Å². The van der Waals surface area contributed by atoms with Crippen molar-refractivity contribution in [3.8, 4) is 0 Å². The number of hydrogen-bond donors (Lipinski definition) is 1. The van der Waals surface area contributed by atoms with E-state index in [1.807, 2.05) is 19.2 Å². The molecule has 1 heterocycles. The van der Waals surface area contributed by atoms with Crippen LogP contribution in [0.3, 0.4) is 0 Å². The lowest BCUT2D eigenvalue weighted by Gasteiger charge is -2.32. The third kappa shape index (κ3) is 4.03. The maximum atomic E-state index is 12.8. The van der Waals surface area contributed by atoms with Crippen molar-refractivity contribution >= 4 is 10.0 Å². The van der Waals surface area contributed by atoms with Gasteiger partial charge in [-0.3, -0.25) is 0 Å². The van der Waals surface area contributed by atoms with E-state index in [4.69, 9.17) is 0 Å². The zero-order valence-corrected chi connectivity index (χ0v) is 13.9. The molecule has 1 aromatic rings. The zero-order chi connectivity index (χ0) is 15.5. The Bertz CT molecular complexity index is 564. The van der Waals surface area contributed by atoms with Gasteiger partial charge in [0.1, 0.15) is 0 Å². The van der Waals surface area contributed by atoms with Gasteiger partial charge in [-0.1, -0.05) is 32.0 Å². The predicted octanol–water partition coefficient (Wildman–Crippen LogP) is 1.12. The second kappa shape index (κ2) is 6.87. The van der Waals surface area contributed by atoms with E-state index < -0.39 is 10.0 Å². The Morgan fingerprint density at radius 1 is 1.14 bits per heavy atom. The molecule has 2 rings (SSSR count). The largest absolute Gasteiger partial charge is 0.310 e. The summed E-state index contributed by atoms with van der Waals surface area (Å²) in [5.74, 6) is 0. The number of likely N-dealkylation sites (N-methyl/N-ethyl adjacent to an activating group) is 1. The molecule has 0 spiro atoms. The van der Waals surface area contributed by atoms with E-state index in [-0.39, 0.29) is 0 Å². The van der Waals surface area contributed by atoms with Gasteiger partial charge >= 0.3 is 0 Å². The zero-order valence-electron chi connectivity index (χ0n) is 13.0. The molecule has 1 aromatic carbocycles. The average Bonchev–Trinajstić information content (AvgIpc) is 2.46. The SMILES string of the molecule is CC(C)NCc1ccccc1S(=O)(=O)N1CCN(C)CC1. The molecule has 1 fully saturated rings. The molecule has 0 atom stereocenters. The van der Waals surface area contributed by atoms with Crippen LogP contribution < -0.4 is 5.32 Å². The average molecular weight is 311 g/mol. The summed E-state index contributed by atoms with van der Waals surface area (Å²) in [6.07, 6.45) is 0. The molecule has 0 aromatic heterocycles. The van der Waals surface area contributed by atoms with Crippen molar-refractivity contribution < 1.29 is 8.42 Å². The van der Waals surface area contributed by atoms with E-state index in [1.165, 1.54) is 0 Å². The van der Waals surface area contributed by atoms with E-state index in [2.05, 4.69) is 24.1 Å². The minimum absolute atomic E-state index is 0.324. The fraction of sp³-hybridized carbons (Fsp3) is 0.600. The van der Waals surface area contributed by atoms with Crippen LogP contribution >= 0.6 is 0 Å². The van der Waals surface area contributed by atoms with Crippen molar-refractivity contribution in [2.45, 2.75) is 31.3 Å². The molecule has 0 aliphatic carbocycles. The number of piperazine rings is 1. The summed E-state index contributed by atoms with van der Waals surface area (Å²) in [6, 6.07) is 7.61. The van der Waals surface area contributed by atoms with Crippen LogP contribution in [0.1, 0.15) is 19.4 Å². The lowest BCUT2D eigenvalue weighted by Crippen LogP contribution is -2.47. The first kappa shape index (κ1) is 16.4. The molecule has 6 heteroatoms. The molecule has 0 saturated carbocycles. The number of rotatable bonds is 5. The van der Waals surface area contributed by atoms with E-state index in [9.17, 15) is 8.42 Å². The van der Waals surface area contributed by atoms with Gasteiger partial charge in [0.2, 0.25) is 10.0 Å². The molecule has 1 aliphatic heterocycles. The number of nitrogens with zero attached hydrogens (tertiary/aromatic N) is 2. The Kier molecular flexibility index (Phi) is 5.37. The smallest absolute Gasteiger partial charge is 0.243 e. The number of nitrogens with one attached hydrogen (secondary N) is 1. The minimum atomic E-state index is -3.40. The lowest BCUT2D eigenvalue weighted by molar-refractivity contribution is 0.222. The highest BCUT2D eigenvalue weighted by atomic mass is 32.2. The highest BCUT2D eigenvalue weighted by Gasteiger charge is 2.28. The van der Waals surface area contributed by atoms with Crippen LogP contribution in [0.2, 0.25) is 0 Å². The standard InChI is InChI=1S/C15H25N3O2S/c1-13(2)16-12-14-6-4-5-7-15(14)21(19,20)18-10-8-17(3)9-11-18/h4-7,13,16H,8-12H2,1-3H3. The number of benzene rings is 1. The topological polar surface area (TPSA) is 52.7 Å². The molecule has 1 aliphatic rings. The van der Waals surface area contributed by atoms with Crippen molar-refractivity contribution in [2.24, 2.45) is 0 Å². The van der Waals surface area contributed by atoms with Gasteiger partial charge in [0.15, 0.2) is 0 Å². The van der Waals surface area contributed by atoms with Crippen LogP contribution in [0.4, 0.5) is 0 Å². The first-order chi connectivity index (χ1) is 9.91. The lowest BCUT2D eigenvalue weighted by atomic mass is 10.2. The molecular weight excluding hydrogens is 286 g/mol. The van der Waals surface area contributed by atoms with Crippen LogP contribution in [0.25, 0.3) is 0 Å². The second-order valence-electron chi connectivity index (χ2n) is 5.85. The quantitative estimate of drug-likeness (QED) is 0.885. The monoisotopic (exact) mass is 311 g/mol.